The Hall–Kier alpha value is -7.17. The van der Waals surface area contributed by atoms with Crippen molar-refractivity contribution in [2.24, 2.45) is 0 Å². The Labute approximate surface area is 306 Å². The minimum Gasteiger partial charge on any atom is -0.455 e. The molecule has 2 aromatic heterocycles. The molecule has 10 aromatic rings. The molecule has 0 unspecified atom stereocenters. The first-order valence-electron chi connectivity index (χ1n) is 17.8. The smallest absolute Gasteiger partial charge is 0.167 e. The van der Waals surface area contributed by atoms with Crippen LogP contribution in [0.3, 0.4) is 0 Å². The first-order valence-corrected chi connectivity index (χ1v) is 17.8. The van der Waals surface area contributed by atoms with Gasteiger partial charge in [0.1, 0.15) is 11.2 Å². The molecule has 8 aromatic carbocycles. The quantitative estimate of drug-likeness (QED) is 0.176. The Morgan fingerprint density at radius 1 is 0.321 bits per heavy atom. The average molecular weight is 678 g/mol. The number of hydrogen-bond acceptors (Lipinski definition) is 4. The minimum atomic E-state index is 0.567. The summed E-state index contributed by atoms with van der Waals surface area (Å²) in [5, 5.41) is 4.50. The van der Waals surface area contributed by atoms with E-state index in [0.717, 1.165) is 44.2 Å². The second kappa shape index (κ2) is 12.9. The van der Waals surface area contributed by atoms with Crippen LogP contribution in [-0.4, -0.2) is 15.0 Å². The molecule has 248 valence electrons. The van der Waals surface area contributed by atoms with Crippen LogP contribution in [0.15, 0.2) is 192 Å². The monoisotopic (exact) mass is 677 g/mol. The van der Waals surface area contributed by atoms with Gasteiger partial charge in [-0.2, -0.15) is 0 Å². The van der Waals surface area contributed by atoms with Gasteiger partial charge in [-0.05, 0) is 62.4 Å². The van der Waals surface area contributed by atoms with E-state index in [1.807, 2.05) is 60.7 Å². The topological polar surface area (TPSA) is 51.8 Å². The molecule has 0 spiro atoms. The van der Waals surface area contributed by atoms with Crippen LogP contribution in [0.25, 0.3) is 100 Å². The average Bonchev–Trinajstić information content (AvgIpc) is 3.63. The van der Waals surface area contributed by atoms with Gasteiger partial charge in [-0.1, -0.05) is 170 Å². The van der Waals surface area contributed by atoms with Gasteiger partial charge in [0.05, 0.1) is 5.56 Å². The highest BCUT2D eigenvalue weighted by molar-refractivity contribution is 6.09. The molecular weight excluding hydrogens is 647 g/mol. The summed E-state index contributed by atoms with van der Waals surface area (Å²) in [4.78, 5) is 15.1. The van der Waals surface area contributed by atoms with Gasteiger partial charge in [0.25, 0.3) is 0 Å². The molecule has 0 aliphatic rings. The van der Waals surface area contributed by atoms with E-state index in [1.165, 1.54) is 38.6 Å². The fraction of sp³-hybridized carbons (Fsp3) is 0. The summed E-state index contributed by atoms with van der Waals surface area (Å²) in [6, 6.07) is 65.4. The lowest BCUT2D eigenvalue weighted by Gasteiger charge is -2.16. The predicted octanol–water partition coefficient (Wildman–Crippen LogP) is 12.9. The van der Waals surface area contributed by atoms with Crippen LogP contribution in [0, 0.1) is 0 Å². The molecule has 0 saturated heterocycles. The molecule has 4 nitrogen and oxygen atoms in total. The Kier molecular flexibility index (Phi) is 7.43. The highest BCUT2D eigenvalue weighted by Crippen LogP contribution is 2.40. The third-order valence-electron chi connectivity index (χ3n) is 9.95. The fourth-order valence-electron chi connectivity index (χ4n) is 7.37. The normalized spacial score (nSPS) is 11.4. The van der Waals surface area contributed by atoms with E-state index in [2.05, 4.69) is 127 Å². The van der Waals surface area contributed by atoms with Crippen LogP contribution in [0.4, 0.5) is 0 Å². The van der Waals surface area contributed by atoms with E-state index < -0.39 is 0 Å². The number of benzene rings is 8. The Morgan fingerprint density at radius 3 is 1.68 bits per heavy atom. The zero-order valence-corrected chi connectivity index (χ0v) is 28.6. The molecule has 0 radical (unpaired) electrons. The SMILES string of the molecule is c1ccc(-c2cccc(-c3ccc4ccccc4c3-c3ccc(-c4nc(-c5ccccc5)nc(-c5cccc6c5oc5ccccc56)n4)cc3)c2)cc1. The lowest BCUT2D eigenvalue weighted by molar-refractivity contribution is 0.669. The van der Waals surface area contributed by atoms with Crippen molar-refractivity contribution in [3.05, 3.63) is 188 Å². The lowest BCUT2D eigenvalue weighted by atomic mass is 9.88. The highest BCUT2D eigenvalue weighted by Gasteiger charge is 2.18. The number of hydrogen-bond donors (Lipinski definition) is 0. The van der Waals surface area contributed by atoms with Crippen molar-refractivity contribution in [2.75, 3.05) is 0 Å². The van der Waals surface area contributed by atoms with Gasteiger partial charge in [0.2, 0.25) is 0 Å². The largest absolute Gasteiger partial charge is 0.455 e. The minimum absolute atomic E-state index is 0.567. The van der Waals surface area contributed by atoms with Gasteiger partial charge in [0, 0.05) is 21.9 Å². The summed E-state index contributed by atoms with van der Waals surface area (Å²) in [6.45, 7) is 0. The summed E-state index contributed by atoms with van der Waals surface area (Å²) >= 11 is 0. The fourth-order valence-corrected chi connectivity index (χ4v) is 7.37. The maximum Gasteiger partial charge on any atom is 0.167 e. The Morgan fingerprint density at radius 2 is 0.887 bits per heavy atom. The third-order valence-corrected chi connectivity index (χ3v) is 9.95. The highest BCUT2D eigenvalue weighted by atomic mass is 16.3. The van der Waals surface area contributed by atoms with E-state index in [4.69, 9.17) is 19.4 Å². The zero-order chi connectivity index (χ0) is 35.1. The molecule has 0 saturated carbocycles. The van der Waals surface area contributed by atoms with Crippen molar-refractivity contribution < 1.29 is 4.42 Å². The molecule has 0 aliphatic heterocycles. The molecular formula is C49H31N3O. The van der Waals surface area contributed by atoms with E-state index in [0.29, 0.717) is 17.5 Å². The number of fused-ring (bicyclic) bond motifs is 4. The first-order chi connectivity index (χ1) is 26.3. The molecule has 0 aliphatic carbocycles. The molecule has 2 heterocycles. The number of rotatable bonds is 6. The summed E-state index contributed by atoms with van der Waals surface area (Å²) in [7, 11) is 0. The Balaban J connectivity index is 1.11. The lowest BCUT2D eigenvalue weighted by Crippen LogP contribution is -2.00. The molecule has 0 amide bonds. The van der Waals surface area contributed by atoms with Crippen LogP contribution in [0.1, 0.15) is 0 Å². The van der Waals surface area contributed by atoms with Gasteiger partial charge in [-0.25, -0.2) is 15.0 Å². The third kappa shape index (κ3) is 5.54. The standard InChI is InChI=1S/C49H31N3O/c1-3-13-32(14-4-1)37-18-11-19-38(31-37)40-30-29-33-15-7-8-20-39(33)45(40)34-25-27-36(28-26-34)48-50-47(35-16-5-2-6-17-35)51-49(52-48)43-23-12-22-42-41-21-9-10-24-44(41)53-46(42)43/h1-31H. The van der Waals surface area contributed by atoms with E-state index >= 15 is 0 Å². The van der Waals surface area contributed by atoms with E-state index in [-0.39, 0.29) is 0 Å². The van der Waals surface area contributed by atoms with E-state index in [9.17, 15) is 0 Å². The summed E-state index contributed by atoms with van der Waals surface area (Å²) in [6.07, 6.45) is 0. The van der Waals surface area contributed by atoms with Crippen molar-refractivity contribution >= 4 is 32.7 Å². The number of nitrogens with zero attached hydrogens (tertiary/aromatic N) is 3. The van der Waals surface area contributed by atoms with Crippen molar-refractivity contribution in [2.45, 2.75) is 0 Å². The van der Waals surface area contributed by atoms with E-state index in [1.54, 1.807) is 0 Å². The number of aromatic nitrogens is 3. The maximum atomic E-state index is 6.41. The van der Waals surface area contributed by atoms with Crippen LogP contribution in [0.2, 0.25) is 0 Å². The predicted molar refractivity (Wildman–Crippen MR) is 217 cm³/mol. The Bertz CT molecular complexity index is 2930. The van der Waals surface area contributed by atoms with Crippen molar-refractivity contribution in [1.29, 1.82) is 0 Å². The maximum absolute atomic E-state index is 6.41. The van der Waals surface area contributed by atoms with Crippen molar-refractivity contribution in [1.82, 2.24) is 15.0 Å². The molecule has 0 atom stereocenters. The van der Waals surface area contributed by atoms with Crippen LogP contribution < -0.4 is 0 Å². The van der Waals surface area contributed by atoms with Gasteiger partial charge < -0.3 is 4.42 Å². The summed E-state index contributed by atoms with van der Waals surface area (Å²) in [5.41, 5.74) is 11.3. The first kappa shape index (κ1) is 30.6. The number of para-hydroxylation sites is 2. The van der Waals surface area contributed by atoms with Crippen LogP contribution in [0.5, 0.6) is 0 Å². The number of furan rings is 1. The van der Waals surface area contributed by atoms with Gasteiger partial charge in [0.15, 0.2) is 17.5 Å². The van der Waals surface area contributed by atoms with Gasteiger partial charge >= 0.3 is 0 Å². The molecule has 4 heteroatoms. The zero-order valence-electron chi connectivity index (χ0n) is 28.6. The van der Waals surface area contributed by atoms with Gasteiger partial charge in [-0.15, -0.1) is 0 Å². The molecule has 0 fully saturated rings. The molecule has 0 bridgehead atoms. The summed E-state index contributed by atoms with van der Waals surface area (Å²) in [5.74, 6) is 1.77. The molecule has 10 rings (SSSR count). The van der Waals surface area contributed by atoms with Crippen LogP contribution >= 0.6 is 0 Å². The van der Waals surface area contributed by atoms with Crippen molar-refractivity contribution in [3.63, 3.8) is 0 Å². The second-order valence-corrected chi connectivity index (χ2v) is 13.2. The summed E-state index contributed by atoms with van der Waals surface area (Å²) < 4.78 is 6.41. The van der Waals surface area contributed by atoms with Crippen LogP contribution in [-0.2, 0) is 0 Å². The van der Waals surface area contributed by atoms with Crippen molar-refractivity contribution in [3.8, 4) is 67.5 Å². The molecule has 53 heavy (non-hydrogen) atoms. The second-order valence-electron chi connectivity index (χ2n) is 13.2. The van der Waals surface area contributed by atoms with Gasteiger partial charge in [-0.3, -0.25) is 0 Å². The molecule has 0 N–H and O–H groups in total.